The number of carbonyl (C=O) groups is 2. The molecule has 0 saturated heterocycles. The molecule has 2 rings (SSSR count). The highest BCUT2D eigenvalue weighted by Gasteiger charge is 2.18. The molecule has 0 radical (unpaired) electrons. The Hall–Kier alpha value is -2.63. The summed E-state index contributed by atoms with van der Waals surface area (Å²) in [5, 5.41) is 16.2. The zero-order valence-electron chi connectivity index (χ0n) is 13.6. The Morgan fingerprint density at radius 1 is 1.30 bits per heavy atom. The van der Waals surface area contributed by atoms with E-state index in [1.807, 2.05) is 18.5 Å². The Labute approximate surface area is 135 Å². The van der Waals surface area contributed by atoms with Crippen LogP contribution in [0.25, 0.3) is 0 Å². The molecule has 1 aromatic heterocycles. The number of hydrogen-bond donors (Lipinski definition) is 2. The highest BCUT2D eigenvalue weighted by Crippen LogP contribution is 2.14. The van der Waals surface area contributed by atoms with Gasteiger partial charge in [0, 0.05) is 18.8 Å². The van der Waals surface area contributed by atoms with Gasteiger partial charge in [0.1, 0.15) is 0 Å². The number of nitrogens with zero attached hydrogens (tertiary/aromatic N) is 2. The van der Waals surface area contributed by atoms with Gasteiger partial charge in [0.25, 0.3) is 5.91 Å². The summed E-state index contributed by atoms with van der Waals surface area (Å²) in [4.78, 5) is 23.4. The number of aryl methyl sites for hydroxylation is 2. The van der Waals surface area contributed by atoms with Gasteiger partial charge in [-0.3, -0.25) is 9.48 Å². The Kier molecular flexibility index (Phi) is 5.16. The molecule has 23 heavy (non-hydrogen) atoms. The second-order valence-corrected chi connectivity index (χ2v) is 5.46. The van der Waals surface area contributed by atoms with Gasteiger partial charge in [-0.15, -0.1) is 0 Å². The van der Waals surface area contributed by atoms with Crippen molar-refractivity contribution in [3.8, 4) is 0 Å². The number of carboxylic acids is 1. The summed E-state index contributed by atoms with van der Waals surface area (Å²) >= 11 is 0. The van der Waals surface area contributed by atoms with Crippen molar-refractivity contribution in [3.05, 3.63) is 52.3 Å². The molecule has 0 aliphatic rings. The zero-order chi connectivity index (χ0) is 17.0. The number of nitrogens with one attached hydrogen (secondary N) is 1. The molecule has 0 fully saturated rings. The molecule has 0 bridgehead atoms. The van der Waals surface area contributed by atoms with Crippen molar-refractivity contribution in [2.24, 2.45) is 0 Å². The number of rotatable bonds is 6. The van der Waals surface area contributed by atoms with Gasteiger partial charge >= 0.3 is 5.97 Å². The fraction of sp³-hybridized carbons (Fsp3) is 0.353. The van der Waals surface area contributed by atoms with Crippen molar-refractivity contribution in [1.29, 1.82) is 0 Å². The average molecular weight is 315 g/mol. The number of hydrogen-bond acceptors (Lipinski definition) is 3. The molecule has 0 spiro atoms. The van der Waals surface area contributed by atoms with E-state index in [4.69, 9.17) is 5.11 Å². The van der Waals surface area contributed by atoms with Gasteiger partial charge in [-0.1, -0.05) is 19.1 Å². The molecular weight excluding hydrogens is 294 g/mol. The number of aromatic carboxylic acids is 1. The van der Waals surface area contributed by atoms with E-state index < -0.39 is 5.97 Å². The minimum atomic E-state index is -0.981. The summed E-state index contributed by atoms with van der Waals surface area (Å²) in [5.41, 5.74) is 3.09. The van der Waals surface area contributed by atoms with E-state index in [0.29, 0.717) is 11.3 Å². The Bertz CT molecular complexity index is 735. The molecule has 0 aliphatic heterocycles. The van der Waals surface area contributed by atoms with E-state index in [0.717, 1.165) is 24.2 Å². The van der Waals surface area contributed by atoms with Gasteiger partial charge in [-0.2, -0.15) is 5.10 Å². The van der Waals surface area contributed by atoms with Crippen LogP contribution < -0.4 is 5.32 Å². The molecule has 1 heterocycles. The molecule has 1 aromatic carbocycles. The minimum Gasteiger partial charge on any atom is -0.478 e. The van der Waals surface area contributed by atoms with E-state index in [1.165, 1.54) is 6.07 Å². The van der Waals surface area contributed by atoms with Crippen LogP contribution in [0.1, 0.15) is 51.0 Å². The predicted octanol–water partition coefficient (Wildman–Crippen LogP) is 2.54. The third-order valence-corrected chi connectivity index (χ3v) is 3.67. The lowest BCUT2D eigenvalue weighted by Gasteiger charge is -2.07. The maximum atomic E-state index is 12.4. The highest BCUT2D eigenvalue weighted by atomic mass is 16.4. The summed E-state index contributed by atoms with van der Waals surface area (Å²) in [6.07, 6.45) is 0.949. The van der Waals surface area contributed by atoms with Gasteiger partial charge in [0.05, 0.1) is 16.8 Å². The van der Waals surface area contributed by atoms with Crippen LogP contribution >= 0.6 is 0 Å². The summed E-state index contributed by atoms with van der Waals surface area (Å²) in [7, 11) is 0. The van der Waals surface area contributed by atoms with Crippen molar-refractivity contribution in [3.63, 3.8) is 0 Å². The number of amides is 1. The lowest BCUT2D eigenvalue weighted by atomic mass is 10.1. The molecule has 0 saturated carbocycles. The fourth-order valence-corrected chi connectivity index (χ4v) is 2.54. The largest absolute Gasteiger partial charge is 0.478 e. The molecular formula is C17H21N3O3. The van der Waals surface area contributed by atoms with Crippen LogP contribution in [-0.2, 0) is 13.1 Å². The second-order valence-electron chi connectivity index (χ2n) is 5.46. The second kappa shape index (κ2) is 7.09. The molecule has 6 heteroatoms. The maximum Gasteiger partial charge on any atom is 0.335 e. The van der Waals surface area contributed by atoms with Crippen molar-refractivity contribution in [2.75, 3.05) is 0 Å². The lowest BCUT2D eigenvalue weighted by Crippen LogP contribution is -2.24. The summed E-state index contributed by atoms with van der Waals surface area (Å²) < 4.78 is 1.84. The first-order valence-corrected chi connectivity index (χ1v) is 7.58. The number of aromatic nitrogens is 2. The topological polar surface area (TPSA) is 84.2 Å². The van der Waals surface area contributed by atoms with Crippen LogP contribution in [0.3, 0.4) is 0 Å². The lowest BCUT2D eigenvalue weighted by molar-refractivity contribution is 0.0696. The van der Waals surface area contributed by atoms with Crippen LogP contribution in [0.4, 0.5) is 0 Å². The molecule has 6 nitrogen and oxygen atoms in total. The van der Waals surface area contributed by atoms with Crippen molar-refractivity contribution < 1.29 is 14.7 Å². The first-order chi connectivity index (χ1) is 10.9. The molecule has 2 N–H and O–H groups in total. The fourth-order valence-electron chi connectivity index (χ4n) is 2.54. The maximum absolute atomic E-state index is 12.4. The smallest absolute Gasteiger partial charge is 0.335 e. The van der Waals surface area contributed by atoms with Crippen LogP contribution in [0.15, 0.2) is 24.3 Å². The number of carboxylic acid groups (broad SMARTS) is 1. The minimum absolute atomic E-state index is 0.192. The highest BCUT2D eigenvalue weighted by molar-refractivity contribution is 5.96. The first-order valence-electron chi connectivity index (χ1n) is 7.58. The van der Waals surface area contributed by atoms with Crippen molar-refractivity contribution >= 4 is 11.9 Å². The Morgan fingerprint density at radius 2 is 2.04 bits per heavy atom. The first kappa shape index (κ1) is 16.7. The van der Waals surface area contributed by atoms with Gasteiger partial charge in [-0.25, -0.2) is 4.79 Å². The van der Waals surface area contributed by atoms with Gasteiger partial charge in [0.15, 0.2) is 0 Å². The van der Waals surface area contributed by atoms with E-state index in [2.05, 4.69) is 17.3 Å². The molecule has 2 aromatic rings. The number of carbonyl (C=O) groups excluding carboxylic acids is 1. The third kappa shape index (κ3) is 3.77. The van der Waals surface area contributed by atoms with Crippen molar-refractivity contribution in [2.45, 2.75) is 40.3 Å². The van der Waals surface area contributed by atoms with Gasteiger partial charge < -0.3 is 10.4 Å². The van der Waals surface area contributed by atoms with Crippen molar-refractivity contribution in [1.82, 2.24) is 15.1 Å². The molecule has 0 aliphatic carbocycles. The standard InChI is InChI=1S/C17H21N3O3/c1-4-8-20-12(3)15(11(2)19-20)16(21)18-10-13-6-5-7-14(9-13)17(22)23/h5-7,9H,4,8,10H2,1-3H3,(H,18,21)(H,22,23). The predicted molar refractivity (Wildman–Crippen MR) is 86.6 cm³/mol. The normalized spacial score (nSPS) is 10.6. The quantitative estimate of drug-likeness (QED) is 0.858. The monoisotopic (exact) mass is 315 g/mol. The third-order valence-electron chi connectivity index (χ3n) is 3.67. The molecule has 1 amide bonds. The zero-order valence-corrected chi connectivity index (χ0v) is 13.6. The molecule has 0 atom stereocenters. The average Bonchev–Trinajstić information content (AvgIpc) is 2.80. The van der Waals surface area contributed by atoms with E-state index >= 15 is 0 Å². The molecule has 0 unspecified atom stereocenters. The van der Waals surface area contributed by atoms with E-state index in [9.17, 15) is 9.59 Å². The summed E-state index contributed by atoms with van der Waals surface area (Å²) in [6.45, 7) is 6.82. The van der Waals surface area contributed by atoms with Crippen LogP contribution in [0.5, 0.6) is 0 Å². The van der Waals surface area contributed by atoms with Gasteiger partial charge in [0.2, 0.25) is 0 Å². The summed E-state index contributed by atoms with van der Waals surface area (Å²) in [6, 6.07) is 6.53. The van der Waals surface area contributed by atoms with Crippen LogP contribution in [0, 0.1) is 13.8 Å². The Balaban J connectivity index is 2.11. The SMILES string of the molecule is CCCn1nc(C)c(C(=O)NCc2cccc(C(=O)O)c2)c1C. The Morgan fingerprint density at radius 3 is 2.70 bits per heavy atom. The number of benzene rings is 1. The van der Waals surface area contributed by atoms with E-state index in [-0.39, 0.29) is 18.0 Å². The van der Waals surface area contributed by atoms with Crippen LogP contribution in [0.2, 0.25) is 0 Å². The summed E-state index contributed by atoms with van der Waals surface area (Å²) in [5.74, 6) is -1.17. The van der Waals surface area contributed by atoms with Crippen LogP contribution in [-0.4, -0.2) is 26.8 Å². The molecule has 122 valence electrons. The van der Waals surface area contributed by atoms with Gasteiger partial charge in [-0.05, 0) is 38.0 Å². The van der Waals surface area contributed by atoms with E-state index in [1.54, 1.807) is 18.2 Å².